The fourth-order valence-corrected chi connectivity index (χ4v) is 1.73. The van der Waals surface area contributed by atoms with Gasteiger partial charge in [0.2, 0.25) is 0 Å². The fraction of sp³-hybridized carbons (Fsp3) is 0.0769. The van der Waals surface area contributed by atoms with E-state index in [1.54, 1.807) is 31.4 Å². The molecule has 0 bridgehead atoms. The van der Waals surface area contributed by atoms with Gasteiger partial charge in [0.05, 0.1) is 17.3 Å². The Morgan fingerprint density at radius 2 is 1.72 bits per heavy atom. The van der Waals surface area contributed by atoms with Crippen LogP contribution in [0.4, 0.5) is 10.1 Å². The molecular formula is C13H11BrFNO2. The SMILES string of the molecule is COc1ccc(Oc2cc(Br)c(F)cc2N)cc1. The molecule has 0 aromatic heterocycles. The van der Waals surface area contributed by atoms with Crippen LogP contribution in [0.5, 0.6) is 17.2 Å². The van der Waals surface area contributed by atoms with Crippen LogP contribution in [-0.2, 0) is 0 Å². The maximum atomic E-state index is 13.2. The fourth-order valence-electron chi connectivity index (χ4n) is 1.40. The Hall–Kier alpha value is -1.75. The standard InChI is InChI=1S/C13H11BrFNO2/c1-17-8-2-4-9(5-3-8)18-13-6-10(14)11(15)7-12(13)16/h2-7H,16H2,1H3. The van der Waals surface area contributed by atoms with Crippen molar-refractivity contribution in [3.63, 3.8) is 0 Å². The number of benzene rings is 2. The van der Waals surface area contributed by atoms with E-state index in [1.807, 2.05) is 0 Å². The third kappa shape index (κ3) is 2.73. The van der Waals surface area contributed by atoms with Gasteiger partial charge in [-0.2, -0.15) is 0 Å². The molecule has 2 rings (SSSR count). The van der Waals surface area contributed by atoms with Crippen LogP contribution in [0.2, 0.25) is 0 Å². The smallest absolute Gasteiger partial charge is 0.151 e. The molecule has 0 aliphatic rings. The predicted molar refractivity (Wildman–Crippen MR) is 71.6 cm³/mol. The van der Waals surface area contributed by atoms with E-state index in [2.05, 4.69) is 15.9 Å². The minimum Gasteiger partial charge on any atom is -0.497 e. The molecule has 0 fully saturated rings. The summed E-state index contributed by atoms with van der Waals surface area (Å²) in [6.07, 6.45) is 0. The number of nitrogen functional groups attached to an aromatic ring is 1. The molecule has 0 saturated heterocycles. The van der Waals surface area contributed by atoms with Crippen LogP contribution in [0.15, 0.2) is 40.9 Å². The van der Waals surface area contributed by atoms with E-state index >= 15 is 0 Å². The Balaban J connectivity index is 2.25. The lowest BCUT2D eigenvalue weighted by molar-refractivity contribution is 0.413. The van der Waals surface area contributed by atoms with Gasteiger partial charge in [0.25, 0.3) is 0 Å². The summed E-state index contributed by atoms with van der Waals surface area (Å²) in [4.78, 5) is 0. The Bertz CT molecular complexity index is 558. The molecule has 0 unspecified atom stereocenters. The number of halogens is 2. The number of nitrogens with two attached hydrogens (primary N) is 1. The summed E-state index contributed by atoms with van der Waals surface area (Å²) in [7, 11) is 1.59. The minimum absolute atomic E-state index is 0.242. The van der Waals surface area contributed by atoms with Crippen molar-refractivity contribution < 1.29 is 13.9 Å². The number of hydrogen-bond donors (Lipinski definition) is 1. The second kappa shape index (κ2) is 5.27. The summed E-state index contributed by atoms with van der Waals surface area (Å²) in [5, 5.41) is 0. The summed E-state index contributed by atoms with van der Waals surface area (Å²) >= 11 is 3.09. The summed E-state index contributed by atoms with van der Waals surface area (Å²) < 4.78 is 24.1. The van der Waals surface area contributed by atoms with Crippen molar-refractivity contribution in [2.24, 2.45) is 0 Å². The minimum atomic E-state index is -0.422. The average molecular weight is 312 g/mol. The molecule has 0 radical (unpaired) electrons. The lowest BCUT2D eigenvalue weighted by Crippen LogP contribution is -1.94. The second-order valence-electron chi connectivity index (χ2n) is 3.58. The van der Waals surface area contributed by atoms with Crippen molar-refractivity contribution >= 4 is 21.6 Å². The largest absolute Gasteiger partial charge is 0.497 e. The van der Waals surface area contributed by atoms with Gasteiger partial charge in [-0.05, 0) is 40.2 Å². The Morgan fingerprint density at radius 1 is 1.11 bits per heavy atom. The van der Waals surface area contributed by atoms with Gasteiger partial charge in [-0.15, -0.1) is 0 Å². The number of anilines is 1. The molecule has 94 valence electrons. The van der Waals surface area contributed by atoms with Gasteiger partial charge >= 0.3 is 0 Å². The molecule has 0 spiro atoms. The summed E-state index contributed by atoms with van der Waals surface area (Å²) in [5.74, 6) is 1.31. The van der Waals surface area contributed by atoms with Gasteiger partial charge in [0.1, 0.15) is 17.3 Å². The Morgan fingerprint density at radius 3 is 2.33 bits per heavy atom. The van der Waals surface area contributed by atoms with E-state index in [-0.39, 0.29) is 5.69 Å². The van der Waals surface area contributed by atoms with Crippen LogP contribution in [-0.4, -0.2) is 7.11 Å². The van der Waals surface area contributed by atoms with Crippen molar-refractivity contribution in [2.45, 2.75) is 0 Å². The Kier molecular flexibility index (Phi) is 3.72. The van der Waals surface area contributed by atoms with E-state index in [4.69, 9.17) is 15.2 Å². The zero-order chi connectivity index (χ0) is 13.1. The molecule has 0 saturated carbocycles. The highest BCUT2D eigenvalue weighted by Crippen LogP contribution is 2.32. The monoisotopic (exact) mass is 311 g/mol. The predicted octanol–water partition coefficient (Wildman–Crippen LogP) is 3.97. The average Bonchev–Trinajstić information content (AvgIpc) is 2.37. The van der Waals surface area contributed by atoms with E-state index in [1.165, 1.54) is 12.1 Å². The van der Waals surface area contributed by atoms with Crippen LogP contribution in [0.3, 0.4) is 0 Å². The molecule has 2 aromatic rings. The first-order valence-electron chi connectivity index (χ1n) is 5.16. The molecule has 18 heavy (non-hydrogen) atoms. The van der Waals surface area contributed by atoms with Gasteiger partial charge in [0.15, 0.2) is 5.75 Å². The molecule has 0 atom stereocenters. The first-order valence-corrected chi connectivity index (χ1v) is 5.96. The van der Waals surface area contributed by atoms with Crippen LogP contribution >= 0.6 is 15.9 Å². The van der Waals surface area contributed by atoms with Gasteiger partial charge in [-0.1, -0.05) is 0 Å². The molecule has 5 heteroatoms. The number of hydrogen-bond acceptors (Lipinski definition) is 3. The first kappa shape index (κ1) is 12.7. The molecule has 0 heterocycles. The van der Waals surface area contributed by atoms with E-state index in [0.717, 1.165) is 5.75 Å². The maximum absolute atomic E-state index is 13.2. The van der Waals surface area contributed by atoms with Gasteiger partial charge < -0.3 is 15.2 Å². The van der Waals surface area contributed by atoms with Crippen molar-refractivity contribution in [2.75, 3.05) is 12.8 Å². The third-order valence-corrected chi connectivity index (χ3v) is 2.95. The summed E-state index contributed by atoms with van der Waals surface area (Å²) in [6, 6.07) is 9.73. The lowest BCUT2D eigenvalue weighted by Gasteiger charge is -2.10. The van der Waals surface area contributed by atoms with Crippen LogP contribution in [0.1, 0.15) is 0 Å². The van der Waals surface area contributed by atoms with Crippen molar-refractivity contribution in [3.05, 3.63) is 46.7 Å². The molecule has 0 amide bonds. The van der Waals surface area contributed by atoms with Crippen molar-refractivity contribution in [1.29, 1.82) is 0 Å². The first-order chi connectivity index (χ1) is 8.60. The van der Waals surface area contributed by atoms with Crippen molar-refractivity contribution in [3.8, 4) is 17.2 Å². The lowest BCUT2D eigenvalue weighted by atomic mass is 10.3. The topological polar surface area (TPSA) is 44.5 Å². The Labute approximate surface area is 112 Å². The van der Waals surface area contributed by atoms with E-state index < -0.39 is 5.82 Å². The number of rotatable bonds is 3. The zero-order valence-corrected chi connectivity index (χ0v) is 11.2. The number of methoxy groups -OCH3 is 1. The third-order valence-electron chi connectivity index (χ3n) is 2.34. The summed E-state index contributed by atoms with van der Waals surface area (Å²) in [6.45, 7) is 0. The van der Waals surface area contributed by atoms with Crippen LogP contribution in [0.25, 0.3) is 0 Å². The number of ether oxygens (including phenoxy) is 2. The second-order valence-corrected chi connectivity index (χ2v) is 4.44. The van der Waals surface area contributed by atoms with E-state index in [0.29, 0.717) is 16.0 Å². The molecule has 2 aromatic carbocycles. The van der Waals surface area contributed by atoms with Crippen LogP contribution < -0.4 is 15.2 Å². The summed E-state index contributed by atoms with van der Waals surface area (Å²) in [5.41, 5.74) is 5.93. The molecule has 2 N–H and O–H groups in total. The molecular weight excluding hydrogens is 301 g/mol. The molecule has 0 aliphatic heterocycles. The molecule has 0 aliphatic carbocycles. The molecule has 3 nitrogen and oxygen atoms in total. The van der Waals surface area contributed by atoms with Crippen LogP contribution in [0, 0.1) is 5.82 Å². The quantitative estimate of drug-likeness (QED) is 0.872. The van der Waals surface area contributed by atoms with Gasteiger partial charge in [0, 0.05) is 12.1 Å². The van der Waals surface area contributed by atoms with Gasteiger partial charge in [-0.25, -0.2) is 4.39 Å². The normalized spacial score (nSPS) is 10.2. The van der Waals surface area contributed by atoms with Gasteiger partial charge in [-0.3, -0.25) is 0 Å². The highest BCUT2D eigenvalue weighted by molar-refractivity contribution is 9.10. The highest BCUT2D eigenvalue weighted by Gasteiger charge is 2.08. The highest BCUT2D eigenvalue weighted by atomic mass is 79.9. The maximum Gasteiger partial charge on any atom is 0.151 e. The van der Waals surface area contributed by atoms with Crippen molar-refractivity contribution in [1.82, 2.24) is 0 Å². The van der Waals surface area contributed by atoms with E-state index in [9.17, 15) is 4.39 Å². The zero-order valence-electron chi connectivity index (χ0n) is 9.61.